The molecule has 1 saturated heterocycles. The first-order valence-electron chi connectivity index (χ1n) is 12.1. The highest BCUT2D eigenvalue weighted by Gasteiger charge is 2.50. The van der Waals surface area contributed by atoms with E-state index in [1.165, 1.54) is 6.07 Å². The highest BCUT2D eigenvalue weighted by atomic mass is 19.1. The third kappa shape index (κ3) is 4.52. The van der Waals surface area contributed by atoms with Crippen LogP contribution < -0.4 is 10.1 Å². The summed E-state index contributed by atoms with van der Waals surface area (Å²) in [6.07, 6.45) is 5.45. The summed E-state index contributed by atoms with van der Waals surface area (Å²) in [6, 6.07) is 2.20. The van der Waals surface area contributed by atoms with Gasteiger partial charge in [0.1, 0.15) is 18.2 Å². The number of morpholine rings is 1. The van der Waals surface area contributed by atoms with Crippen molar-refractivity contribution >= 4 is 11.7 Å². The van der Waals surface area contributed by atoms with Crippen LogP contribution >= 0.6 is 0 Å². The van der Waals surface area contributed by atoms with E-state index in [9.17, 15) is 18.4 Å². The summed E-state index contributed by atoms with van der Waals surface area (Å²) in [5, 5.41) is 3.14. The molecule has 3 heterocycles. The number of ketones is 1. The van der Waals surface area contributed by atoms with Crippen LogP contribution in [0.5, 0.6) is 5.75 Å². The van der Waals surface area contributed by atoms with E-state index in [0.29, 0.717) is 25.2 Å². The summed E-state index contributed by atoms with van der Waals surface area (Å²) in [5.74, 6) is -1.88. The number of halogens is 2. The number of nitrogens with one attached hydrogen (secondary N) is 1. The van der Waals surface area contributed by atoms with E-state index in [4.69, 9.17) is 14.2 Å². The number of carbonyl (C=O) groups is 2. The summed E-state index contributed by atoms with van der Waals surface area (Å²) in [5.41, 5.74) is -0.0498. The molecule has 6 nitrogen and oxygen atoms in total. The van der Waals surface area contributed by atoms with Crippen molar-refractivity contribution in [1.82, 2.24) is 5.32 Å². The van der Waals surface area contributed by atoms with Crippen LogP contribution in [0, 0.1) is 23.5 Å². The summed E-state index contributed by atoms with van der Waals surface area (Å²) in [4.78, 5) is 25.5. The fourth-order valence-corrected chi connectivity index (χ4v) is 6.34. The van der Waals surface area contributed by atoms with Gasteiger partial charge in [-0.25, -0.2) is 8.78 Å². The van der Waals surface area contributed by atoms with Gasteiger partial charge in [-0.1, -0.05) is 6.42 Å². The van der Waals surface area contributed by atoms with E-state index in [1.54, 1.807) is 0 Å². The summed E-state index contributed by atoms with van der Waals surface area (Å²) in [7, 11) is 0. The summed E-state index contributed by atoms with van der Waals surface area (Å²) < 4.78 is 46.4. The average molecular weight is 464 g/mol. The van der Waals surface area contributed by atoms with Crippen molar-refractivity contribution in [2.75, 3.05) is 26.4 Å². The number of hydrogen-bond donors (Lipinski definition) is 1. The molecule has 1 N–H and O–H groups in total. The van der Waals surface area contributed by atoms with Gasteiger partial charge >= 0.3 is 0 Å². The lowest BCUT2D eigenvalue weighted by Gasteiger charge is -2.50. The predicted molar refractivity (Wildman–Crippen MR) is 115 cm³/mol. The van der Waals surface area contributed by atoms with Crippen molar-refractivity contribution in [2.24, 2.45) is 11.8 Å². The third-order valence-corrected chi connectivity index (χ3v) is 7.99. The van der Waals surface area contributed by atoms with Crippen LogP contribution in [0.3, 0.4) is 0 Å². The Morgan fingerprint density at radius 1 is 1.06 bits per heavy atom. The quantitative estimate of drug-likeness (QED) is 0.636. The second-order valence-electron chi connectivity index (χ2n) is 9.98. The van der Waals surface area contributed by atoms with Gasteiger partial charge in [0.2, 0.25) is 5.91 Å². The number of Topliss-reactive ketones (excluding diaryl/α,β-unsaturated/α-hetero) is 1. The lowest BCUT2D eigenvalue weighted by molar-refractivity contribution is -0.150. The van der Waals surface area contributed by atoms with E-state index in [0.717, 1.165) is 44.6 Å². The zero-order chi connectivity index (χ0) is 23.0. The van der Waals surface area contributed by atoms with Crippen LogP contribution in [0.15, 0.2) is 12.1 Å². The Morgan fingerprint density at radius 3 is 2.67 bits per heavy atom. The molecule has 1 amide bonds. The Kier molecular flexibility index (Phi) is 6.40. The maximum absolute atomic E-state index is 14.6. The van der Waals surface area contributed by atoms with Gasteiger partial charge in [0.05, 0.1) is 31.5 Å². The molecular formula is C25H31F2NO5. The van der Waals surface area contributed by atoms with Crippen molar-refractivity contribution in [3.63, 3.8) is 0 Å². The van der Waals surface area contributed by atoms with Crippen LogP contribution in [0.25, 0.3) is 0 Å². The van der Waals surface area contributed by atoms with Crippen LogP contribution in [-0.2, 0) is 19.1 Å². The molecule has 6 rings (SSSR count). The summed E-state index contributed by atoms with van der Waals surface area (Å²) in [6.45, 7) is 0.834. The molecule has 180 valence electrons. The van der Waals surface area contributed by atoms with Crippen LogP contribution in [-0.4, -0.2) is 49.8 Å². The van der Waals surface area contributed by atoms with Crippen molar-refractivity contribution < 1.29 is 32.6 Å². The van der Waals surface area contributed by atoms with E-state index < -0.39 is 17.2 Å². The minimum atomic E-state index is -0.723. The van der Waals surface area contributed by atoms with Crippen molar-refractivity contribution in [3.05, 3.63) is 29.3 Å². The molecule has 3 atom stereocenters. The van der Waals surface area contributed by atoms with Crippen molar-refractivity contribution in [3.8, 4) is 5.75 Å². The number of amides is 1. The number of hydrogen-bond acceptors (Lipinski definition) is 5. The average Bonchev–Trinajstić information content (AvgIpc) is 2.79. The highest BCUT2D eigenvalue weighted by molar-refractivity contribution is 5.83. The fourth-order valence-electron chi connectivity index (χ4n) is 6.34. The zero-order valence-corrected chi connectivity index (χ0v) is 18.7. The molecule has 1 spiro atoms. The lowest BCUT2D eigenvalue weighted by atomic mass is 9.65. The smallest absolute Gasteiger partial charge is 0.246 e. The first-order chi connectivity index (χ1) is 15.9. The van der Waals surface area contributed by atoms with Gasteiger partial charge in [-0.15, -0.1) is 0 Å². The molecule has 5 aliphatic rings. The molecule has 0 aromatic heterocycles. The van der Waals surface area contributed by atoms with Gasteiger partial charge in [-0.2, -0.15) is 0 Å². The number of fused-ring (bicyclic) bond motifs is 6. The van der Waals surface area contributed by atoms with Crippen LogP contribution in [0.2, 0.25) is 0 Å². The third-order valence-electron chi connectivity index (χ3n) is 7.99. The normalized spacial score (nSPS) is 35.2. The Hall–Kier alpha value is -2.06. The van der Waals surface area contributed by atoms with E-state index in [1.807, 2.05) is 0 Å². The largest absolute Gasteiger partial charge is 0.490 e. The molecule has 2 bridgehead atoms. The first-order valence-corrected chi connectivity index (χ1v) is 12.1. The lowest BCUT2D eigenvalue weighted by Crippen LogP contribution is -2.65. The second kappa shape index (κ2) is 9.29. The first kappa shape index (κ1) is 22.7. The topological polar surface area (TPSA) is 73.9 Å². The maximum Gasteiger partial charge on any atom is 0.246 e. The Labute approximate surface area is 192 Å². The molecule has 2 aliphatic carbocycles. The maximum atomic E-state index is 14.6. The number of benzene rings is 1. The molecule has 33 heavy (non-hydrogen) atoms. The Morgan fingerprint density at radius 2 is 1.88 bits per heavy atom. The van der Waals surface area contributed by atoms with Crippen LogP contribution in [0.1, 0.15) is 62.8 Å². The molecule has 3 unspecified atom stereocenters. The zero-order valence-electron chi connectivity index (χ0n) is 18.7. The van der Waals surface area contributed by atoms with E-state index >= 15 is 0 Å². The van der Waals surface area contributed by atoms with Gasteiger partial charge in [0.25, 0.3) is 0 Å². The van der Waals surface area contributed by atoms with Crippen molar-refractivity contribution in [1.29, 1.82) is 0 Å². The fraction of sp³-hybridized carbons (Fsp3) is 0.680. The minimum Gasteiger partial charge on any atom is -0.490 e. The standard InChI is InChI=1S/C25H31F2NO5/c26-16-10-19-15-3-5-17(6-4-15)33-12-20-18(22(29)7-9-32-24(19)21(27)11-16)2-1-8-25(20)14-31-13-23(30)28-25/h10-11,15,17-18,20H,1-9,12-14H2,(H,28,30). The van der Waals surface area contributed by atoms with E-state index in [-0.39, 0.29) is 60.9 Å². The molecule has 0 radical (unpaired) electrons. The molecule has 1 aromatic carbocycles. The number of carbonyl (C=O) groups excluding carboxylic acids is 2. The molecular weight excluding hydrogens is 432 g/mol. The minimum absolute atomic E-state index is 0.0107. The van der Waals surface area contributed by atoms with Gasteiger partial charge < -0.3 is 19.5 Å². The molecule has 3 fully saturated rings. The van der Waals surface area contributed by atoms with Gasteiger partial charge in [0, 0.05) is 29.9 Å². The van der Waals surface area contributed by atoms with Gasteiger partial charge in [-0.05, 0) is 50.5 Å². The van der Waals surface area contributed by atoms with Gasteiger partial charge in [-0.3, -0.25) is 9.59 Å². The van der Waals surface area contributed by atoms with Gasteiger partial charge in [0.15, 0.2) is 11.6 Å². The SMILES string of the molecule is O=C1COCC2(CCCC3C(=O)CCOc4c(F)cc(F)cc4C4CCC(CC4)OCC32)N1. The van der Waals surface area contributed by atoms with Crippen molar-refractivity contribution in [2.45, 2.75) is 68.9 Å². The Bertz CT molecular complexity index is 912. The van der Waals surface area contributed by atoms with E-state index in [2.05, 4.69) is 5.32 Å². The molecule has 2 saturated carbocycles. The predicted octanol–water partition coefficient (Wildman–Crippen LogP) is 3.66. The second-order valence-corrected chi connectivity index (χ2v) is 9.98. The summed E-state index contributed by atoms with van der Waals surface area (Å²) >= 11 is 0. The Balaban J connectivity index is 1.44. The molecule has 8 heteroatoms. The number of rotatable bonds is 0. The molecule has 1 aromatic rings. The monoisotopic (exact) mass is 463 g/mol. The number of ether oxygens (including phenoxy) is 3. The highest BCUT2D eigenvalue weighted by Crippen LogP contribution is 2.43. The molecule has 3 aliphatic heterocycles. The van der Waals surface area contributed by atoms with Crippen LogP contribution in [0.4, 0.5) is 8.78 Å².